The topological polar surface area (TPSA) is 71.0 Å². The van der Waals surface area contributed by atoms with E-state index in [2.05, 4.69) is 5.32 Å². The van der Waals surface area contributed by atoms with E-state index in [0.29, 0.717) is 13.1 Å². The molecule has 0 bridgehead atoms. The summed E-state index contributed by atoms with van der Waals surface area (Å²) in [6.07, 6.45) is -0.481. The fourth-order valence-electron chi connectivity index (χ4n) is 3.15. The summed E-state index contributed by atoms with van der Waals surface area (Å²) >= 11 is 0. The number of phenolic OH excluding ortho intramolecular Hbond substituents is 1. The number of benzene rings is 1. The molecule has 1 aromatic rings. The fraction of sp³-hybridized carbons (Fsp3) is 0.632. The second-order valence-electron chi connectivity index (χ2n) is 7.99. The molecule has 2 atom stereocenters. The molecule has 0 aliphatic carbocycles. The third-order valence-electron chi connectivity index (χ3n) is 4.11. The zero-order valence-electron chi connectivity index (χ0n) is 16.0. The van der Waals surface area contributed by atoms with Crippen LogP contribution in [0.1, 0.15) is 47.1 Å². The lowest BCUT2D eigenvalue weighted by molar-refractivity contribution is -0.0756. The quantitative estimate of drug-likeness (QED) is 0.872. The molecule has 1 aromatic carbocycles. The number of phenols is 1. The highest BCUT2D eigenvalue weighted by atomic mass is 16.6. The predicted octanol–water partition coefficient (Wildman–Crippen LogP) is 3.24. The van der Waals surface area contributed by atoms with Gasteiger partial charge in [-0.15, -0.1) is 0 Å². The van der Waals surface area contributed by atoms with Crippen molar-refractivity contribution in [2.75, 3.05) is 6.54 Å². The normalized spacial score (nSPS) is 22.9. The predicted molar refractivity (Wildman–Crippen MR) is 96.3 cm³/mol. The standard InChI is InChI=1S/C19H30N2O4/c1-13-16(12-20-11-14-8-7-9-15(22)10-14)21(19(5,6)24-13)17(23)25-18(2,3)4/h7-10,13,16,20,22H,11-12H2,1-6H3/t13-,16-/m0/s1. The Hall–Kier alpha value is -1.79. The van der Waals surface area contributed by atoms with Crippen molar-refractivity contribution < 1.29 is 19.4 Å². The Kier molecular flexibility index (Phi) is 5.64. The molecular weight excluding hydrogens is 320 g/mol. The molecule has 0 spiro atoms. The van der Waals surface area contributed by atoms with E-state index in [4.69, 9.17) is 9.47 Å². The van der Waals surface area contributed by atoms with Crippen LogP contribution in [0.5, 0.6) is 5.75 Å². The van der Waals surface area contributed by atoms with Gasteiger partial charge in [0.25, 0.3) is 0 Å². The number of aromatic hydroxyl groups is 1. The minimum atomic E-state index is -0.723. The average molecular weight is 350 g/mol. The number of ether oxygens (including phenoxy) is 2. The maximum atomic E-state index is 12.7. The number of carbonyl (C=O) groups is 1. The van der Waals surface area contributed by atoms with Crippen molar-refractivity contribution >= 4 is 6.09 Å². The molecule has 2 N–H and O–H groups in total. The second kappa shape index (κ2) is 7.22. The summed E-state index contributed by atoms with van der Waals surface area (Å²) in [5, 5.41) is 12.9. The summed E-state index contributed by atoms with van der Waals surface area (Å²) in [6.45, 7) is 12.5. The van der Waals surface area contributed by atoms with Gasteiger partial charge in [0.05, 0.1) is 12.1 Å². The lowest BCUT2D eigenvalue weighted by Crippen LogP contribution is -2.53. The Morgan fingerprint density at radius 3 is 2.68 bits per heavy atom. The van der Waals surface area contributed by atoms with E-state index in [0.717, 1.165) is 5.56 Å². The van der Waals surface area contributed by atoms with Crippen LogP contribution in [0.15, 0.2) is 24.3 Å². The van der Waals surface area contributed by atoms with Crippen molar-refractivity contribution in [1.29, 1.82) is 0 Å². The first-order valence-corrected chi connectivity index (χ1v) is 8.68. The number of nitrogens with zero attached hydrogens (tertiary/aromatic N) is 1. The van der Waals surface area contributed by atoms with Crippen LogP contribution in [0.4, 0.5) is 4.79 Å². The SMILES string of the molecule is C[C@@H]1OC(C)(C)N(C(=O)OC(C)(C)C)[C@H]1CNCc1cccc(O)c1. The van der Waals surface area contributed by atoms with Gasteiger partial charge in [-0.25, -0.2) is 4.79 Å². The van der Waals surface area contributed by atoms with Gasteiger partial charge in [-0.2, -0.15) is 0 Å². The summed E-state index contributed by atoms with van der Waals surface area (Å²) in [6, 6.07) is 6.98. The zero-order valence-corrected chi connectivity index (χ0v) is 16.0. The van der Waals surface area contributed by atoms with Crippen LogP contribution >= 0.6 is 0 Å². The van der Waals surface area contributed by atoms with Crippen molar-refractivity contribution in [3.05, 3.63) is 29.8 Å². The molecule has 1 fully saturated rings. The van der Waals surface area contributed by atoms with E-state index < -0.39 is 11.3 Å². The molecule has 1 amide bonds. The molecule has 1 aliphatic rings. The molecule has 1 saturated heterocycles. The van der Waals surface area contributed by atoms with Crippen molar-refractivity contribution in [3.63, 3.8) is 0 Å². The van der Waals surface area contributed by atoms with E-state index in [1.165, 1.54) is 0 Å². The van der Waals surface area contributed by atoms with E-state index >= 15 is 0 Å². The van der Waals surface area contributed by atoms with Gasteiger partial charge in [0, 0.05) is 13.1 Å². The van der Waals surface area contributed by atoms with Gasteiger partial charge in [0.2, 0.25) is 0 Å². The van der Waals surface area contributed by atoms with Crippen LogP contribution in [-0.2, 0) is 16.0 Å². The average Bonchev–Trinajstić information content (AvgIpc) is 2.66. The van der Waals surface area contributed by atoms with Crippen LogP contribution in [-0.4, -0.2) is 46.1 Å². The zero-order chi connectivity index (χ0) is 18.8. The number of hydrogen-bond acceptors (Lipinski definition) is 5. The smallest absolute Gasteiger partial charge is 0.412 e. The highest BCUT2D eigenvalue weighted by Crippen LogP contribution is 2.33. The summed E-state index contributed by atoms with van der Waals surface area (Å²) in [7, 11) is 0. The van der Waals surface area contributed by atoms with Crippen molar-refractivity contribution in [1.82, 2.24) is 10.2 Å². The van der Waals surface area contributed by atoms with Gasteiger partial charge >= 0.3 is 6.09 Å². The molecule has 6 nitrogen and oxygen atoms in total. The Morgan fingerprint density at radius 2 is 2.08 bits per heavy atom. The fourth-order valence-corrected chi connectivity index (χ4v) is 3.15. The van der Waals surface area contributed by atoms with Crippen molar-refractivity contribution in [3.8, 4) is 5.75 Å². The maximum Gasteiger partial charge on any atom is 0.412 e. The summed E-state index contributed by atoms with van der Waals surface area (Å²) in [5.74, 6) is 0.244. The molecule has 0 aromatic heterocycles. The Balaban J connectivity index is 2.04. The third kappa shape index (κ3) is 5.09. The molecule has 6 heteroatoms. The minimum absolute atomic E-state index is 0.112. The van der Waals surface area contributed by atoms with Gasteiger partial charge in [0.1, 0.15) is 17.1 Å². The van der Waals surface area contributed by atoms with Crippen LogP contribution in [0, 0.1) is 0 Å². The molecule has 1 heterocycles. The molecule has 0 radical (unpaired) electrons. The van der Waals surface area contributed by atoms with E-state index in [1.807, 2.05) is 53.7 Å². The highest BCUT2D eigenvalue weighted by molar-refractivity contribution is 5.70. The molecule has 140 valence electrons. The van der Waals surface area contributed by atoms with Crippen LogP contribution < -0.4 is 5.32 Å². The molecule has 0 saturated carbocycles. The summed E-state index contributed by atoms with van der Waals surface area (Å²) < 4.78 is 11.5. The van der Waals surface area contributed by atoms with Gasteiger partial charge < -0.3 is 19.9 Å². The van der Waals surface area contributed by atoms with Gasteiger partial charge in [-0.1, -0.05) is 12.1 Å². The highest BCUT2D eigenvalue weighted by Gasteiger charge is 2.49. The third-order valence-corrected chi connectivity index (χ3v) is 4.11. The number of rotatable bonds is 4. The lowest BCUT2D eigenvalue weighted by atomic mass is 10.1. The van der Waals surface area contributed by atoms with E-state index in [1.54, 1.807) is 17.0 Å². The van der Waals surface area contributed by atoms with Gasteiger partial charge in [-0.3, -0.25) is 4.90 Å². The molecular formula is C19H30N2O4. The van der Waals surface area contributed by atoms with Crippen LogP contribution in [0.25, 0.3) is 0 Å². The molecule has 0 unspecified atom stereocenters. The Morgan fingerprint density at radius 1 is 1.40 bits per heavy atom. The summed E-state index contributed by atoms with van der Waals surface area (Å²) in [4.78, 5) is 14.4. The van der Waals surface area contributed by atoms with Crippen molar-refractivity contribution in [2.24, 2.45) is 0 Å². The minimum Gasteiger partial charge on any atom is -0.508 e. The lowest BCUT2D eigenvalue weighted by Gasteiger charge is -2.35. The number of amides is 1. The van der Waals surface area contributed by atoms with Gasteiger partial charge in [0.15, 0.2) is 0 Å². The first-order chi connectivity index (χ1) is 11.5. The first kappa shape index (κ1) is 19.5. The summed E-state index contributed by atoms with van der Waals surface area (Å²) in [5.41, 5.74) is -0.299. The second-order valence-corrected chi connectivity index (χ2v) is 7.99. The first-order valence-electron chi connectivity index (χ1n) is 8.68. The van der Waals surface area contributed by atoms with Crippen LogP contribution in [0.2, 0.25) is 0 Å². The van der Waals surface area contributed by atoms with Crippen molar-refractivity contribution in [2.45, 2.75) is 71.6 Å². The number of carbonyl (C=O) groups excluding carboxylic acids is 1. The Labute approximate surface area is 150 Å². The van der Waals surface area contributed by atoms with E-state index in [-0.39, 0.29) is 24.0 Å². The largest absolute Gasteiger partial charge is 0.508 e. The van der Waals surface area contributed by atoms with Crippen LogP contribution in [0.3, 0.4) is 0 Å². The molecule has 2 rings (SSSR count). The maximum absolute atomic E-state index is 12.7. The number of nitrogens with one attached hydrogen (secondary N) is 1. The van der Waals surface area contributed by atoms with Gasteiger partial charge in [-0.05, 0) is 59.2 Å². The Bertz CT molecular complexity index is 610. The monoisotopic (exact) mass is 350 g/mol. The van der Waals surface area contributed by atoms with E-state index in [9.17, 15) is 9.90 Å². The number of hydrogen-bond donors (Lipinski definition) is 2. The molecule has 1 aliphatic heterocycles. The molecule has 25 heavy (non-hydrogen) atoms.